The van der Waals surface area contributed by atoms with Gasteiger partial charge in [-0.2, -0.15) is 0 Å². The van der Waals surface area contributed by atoms with E-state index in [1.165, 1.54) is 24.1 Å². The second kappa shape index (κ2) is 10.2. The number of nitrogens with zero attached hydrogens (tertiary/aromatic N) is 3. The van der Waals surface area contributed by atoms with Crippen LogP contribution in [0.5, 0.6) is 5.75 Å². The summed E-state index contributed by atoms with van der Waals surface area (Å²) >= 11 is 0. The largest absolute Gasteiger partial charge is 0.492 e. The van der Waals surface area contributed by atoms with E-state index >= 15 is 0 Å². The fraction of sp³-hybridized carbons (Fsp3) is 0.500. The lowest BCUT2D eigenvalue weighted by molar-refractivity contribution is 0.0784. The zero-order chi connectivity index (χ0) is 21.6. The molecule has 2 aromatic rings. The summed E-state index contributed by atoms with van der Waals surface area (Å²) in [6, 6.07) is 16.6. The maximum Gasteiger partial charge on any atom is 0.257 e. The molecule has 0 saturated carbocycles. The summed E-state index contributed by atoms with van der Waals surface area (Å²) in [6.07, 6.45) is 4.57. The summed E-state index contributed by atoms with van der Waals surface area (Å²) in [5.74, 6) is 1.33. The molecule has 2 aromatic carbocycles. The number of piperidine rings is 1. The van der Waals surface area contributed by atoms with Gasteiger partial charge in [0, 0.05) is 51.9 Å². The molecule has 1 atom stereocenters. The van der Waals surface area contributed by atoms with Crippen molar-refractivity contribution in [3.63, 3.8) is 0 Å². The van der Waals surface area contributed by atoms with E-state index in [2.05, 4.69) is 48.2 Å². The Morgan fingerprint density at radius 2 is 1.74 bits per heavy atom. The van der Waals surface area contributed by atoms with Gasteiger partial charge in [0.25, 0.3) is 5.91 Å². The summed E-state index contributed by atoms with van der Waals surface area (Å²) in [5, 5.41) is 0. The van der Waals surface area contributed by atoms with Gasteiger partial charge in [0.15, 0.2) is 0 Å². The van der Waals surface area contributed by atoms with Crippen LogP contribution in [0.3, 0.4) is 0 Å². The maximum absolute atomic E-state index is 12.9. The van der Waals surface area contributed by atoms with Crippen molar-refractivity contribution in [2.24, 2.45) is 5.92 Å². The molecule has 1 amide bonds. The van der Waals surface area contributed by atoms with Crippen LogP contribution in [0.15, 0.2) is 48.5 Å². The summed E-state index contributed by atoms with van der Waals surface area (Å²) < 4.78 is 6.22. The molecule has 2 aliphatic heterocycles. The average molecular weight is 422 g/mol. The van der Waals surface area contributed by atoms with Crippen LogP contribution in [-0.2, 0) is 6.54 Å². The molecule has 0 spiro atoms. The van der Waals surface area contributed by atoms with Crippen LogP contribution < -0.4 is 9.64 Å². The van der Waals surface area contributed by atoms with Crippen molar-refractivity contribution in [2.45, 2.75) is 32.2 Å². The molecule has 2 fully saturated rings. The van der Waals surface area contributed by atoms with Crippen LogP contribution in [0.1, 0.15) is 41.6 Å². The van der Waals surface area contributed by atoms with E-state index in [1.54, 1.807) is 0 Å². The Bertz CT molecular complexity index is 859. The Morgan fingerprint density at radius 1 is 1.00 bits per heavy atom. The molecule has 2 heterocycles. The minimum absolute atomic E-state index is 0.111. The molecular weight excluding hydrogens is 386 g/mol. The van der Waals surface area contributed by atoms with Crippen LogP contribution in [0.2, 0.25) is 0 Å². The second-order valence-corrected chi connectivity index (χ2v) is 9.11. The predicted octanol–water partition coefficient (Wildman–Crippen LogP) is 4.28. The Balaban J connectivity index is 1.32. The standard InChI is InChI=1S/C26H35N3O2/c1-27(2)23-13-11-21(12-14-23)18-28-15-7-8-22(19-28)20-31-25-10-4-3-9-24(25)26(30)29-16-5-6-17-29/h3-4,9-14,22H,5-8,15-20H2,1-2H3. The first-order valence-corrected chi connectivity index (χ1v) is 11.6. The maximum atomic E-state index is 12.9. The van der Waals surface area contributed by atoms with E-state index in [1.807, 2.05) is 29.2 Å². The van der Waals surface area contributed by atoms with Crippen LogP contribution in [0.4, 0.5) is 5.69 Å². The molecule has 0 N–H and O–H groups in total. The molecule has 0 aromatic heterocycles. The van der Waals surface area contributed by atoms with Crippen LogP contribution in [0.25, 0.3) is 0 Å². The molecule has 2 aliphatic rings. The van der Waals surface area contributed by atoms with Crippen LogP contribution in [0, 0.1) is 5.92 Å². The highest BCUT2D eigenvalue weighted by molar-refractivity contribution is 5.97. The smallest absolute Gasteiger partial charge is 0.257 e. The third-order valence-electron chi connectivity index (χ3n) is 6.45. The topological polar surface area (TPSA) is 36.0 Å². The highest BCUT2D eigenvalue weighted by Crippen LogP contribution is 2.25. The van der Waals surface area contributed by atoms with Gasteiger partial charge in [-0.1, -0.05) is 24.3 Å². The number of rotatable bonds is 7. The molecular formula is C26H35N3O2. The van der Waals surface area contributed by atoms with Gasteiger partial charge in [-0.05, 0) is 62.1 Å². The molecule has 0 aliphatic carbocycles. The molecule has 0 bridgehead atoms. The van der Waals surface area contributed by atoms with Gasteiger partial charge >= 0.3 is 0 Å². The lowest BCUT2D eigenvalue weighted by Gasteiger charge is -2.33. The van der Waals surface area contributed by atoms with Gasteiger partial charge in [0.05, 0.1) is 12.2 Å². The van der Waals surface area contributed by atoms with Crippen LogP contribution >= 0.6 is 0 Å². The molecule has 166 valence electrons. The Hall–Kier alpha value is -2.53. The van der Waals surface area contributed by atoms with E-state index in [-0.39, 0.29) is 5.91 Å². The third-order valence-corrected chi connectivity index (χ3v) is 6.45. The lowest BCUT2D eigenvalue weighted by Crippen LogP contribution is -2.37. The van der Waals surface area contributed by atoms with Gasteiger partial charge in [-0.15, -0.1) is 0 Å². The monoisotopic (exact) mass is 421 g/mol. The fourth-order valence-electron chi connectivity index (χ4n) is 4.66. The Kier molecular flexibility index (Phi) is 7.13. The predicted molar refractivity (Wildman–Crippen MR) is 126 cm³/mol. The number of carbonyl (C=O) groups excluding carboxylic acids is 1. The summed E-state index contributed by atoms with van der Waals surface area (Å²) in [4.78, 5) is 19.5. The zero-order valence-electron chi connectivity index (χ0n) is 18.9. The SMILES string of the molecule is CN(C)c1ccc(CN2CCCC(COc3ccccc3C(=O)N3CCCC3)C2)cc1. The van der Waals surface area contributed by atoms with Crippen molar-refractivity contribution >= 4 is 11.6 Å². The van der Waals surface area contributed by atoms with Crippen molar-refractivity contribution in [3.8, 4) is 5.75 Å². The molecule has 5 nitrogen and oxygen atoms in total. The van der Waals surface area contributed by atoms with Gasteiger partial charge in [0.1, 0.15) is 5.75 Å². The van der Waals surface area contributed by atoms with E-state index in [4.69, 9.17) is 4.74 Å². The third kappa shape index (κ3) is 5.59. The zero-order valence-corrected chi connectivity index (χ0v) is 18.9. The molecule has 5 heteroatoms. The number of hydrogen-bond acceptors (Lipinski definition) is 4. The molecule has 1 unspecified atom stereocenters. The number of carbonyl (C=O) groups is 1. The molecule has 2 saturated heterocycles. The second-order valence-electron chi connectivity index (χ2n) is 9.11. The van der Waals surface area contributed by atoms with Gasteiger partial charge in [-0.3, -0.25) is 9.69 Å². The molecule has 4 rings (SSSR count). The number of hydrogen-bond donors (Lipinski definition) is 0. The summed E-state index contributed by atoms with van der Waals surface area (Å²) in [7, 11) is 4.14. The number of benzene rings is 2. The van der Waals surface area contributed by atoms with Gasteiger partial charge in [0.2, 0.25) is 0 Å². The first-order chi connectivity index (χ1) is 15.1. The minimum Gasteiger partial charge on any atom is -0.492 e. The number of anilines is 1. The highest BCUT2D eigenvalue weighted by Gasteiger charge is 2.24. The molecule has 0 radical (unpaired) electrons. The number of ether oxygens (including phenoxy) is 1. The number of likely N-dealkylation sites (tertiary alicyclic amines) is 2. The summed E-state index contributed by atoms with van der Waals surface area (Å²) in [5.41, 5.74) is 3.29. The highest BCUT2D eigenvalue weighted by atomic mass is 16.5. The number of para-hydroxylation sites is 1. The quantitative estimate of drug-likeness (QED) is 0.669. The van der Waals surface area contributed by atoms with Crippen molar-refractivity contribution in [1.82, 2.24) is 9.80 Å². The van der Waals surface area contributed by atoms with Crippen molar-refractivity contribution in [2.75, 3.05) is 51.8 Å². The fourth-order valence-corrected chi connectivity index (χ4v) is 4.66. The molecule has 31 heavy (non-hydrogen) atoms. The normalized spacial score (nSPS) is 19.4. The van der Waals surface area contributed by atoms with Crippen molar-refractivity contribution in [3.05, 3.63) is 59.7 Å². The lowest BCUT2D eigenvalue weighted by atomic mass is 9.98. The van der Waals surface area contributed by atoms with Gasteiger partial charge in [-0.25, -0.2) is 0 Å². The van der Waals surface area contributed by atoms with E-state index < -0.39 is 0 Å². The van der Waals surface area contributed by atoms with E-state index in [0.717, 1.165) is 51.3 Å². The van der Waals surface area contributed by atoms with Gasteiger partial charge < -0.3 is 14.5 Å². The van der Waals surface area contributed by atoms with Crippen LogP contribution in [-0.4, -0.2) is 62.6 Å². The average Bonchev–Trinajstić information content (AvgIpc) is 3.33. The van der Waals surface area contributed by atoms with Crippen molar-refractivity contribution in [1.29, 1.82) is 0 Å². The number of amides is 1. The minimum atomic E-state index is 0.111. The van der Waals surface area contributed by atoms with Crippen molar-refractivity contribution < 1.29 is 9.53 Å². The van der Waals surface area contributed by atoms with E-state index in [9.17, 15) is 4.79 Å². The van der Waals surface area contributed by atoms with E-state index in [0.29, 0.717) is 18.1 Å². The first-order valence-electron chi connectivity index (χ1n) is 11.6. The summed E-state index contributed by atoms with van der Waals surface area (Å²) in [6.45, 7) is 5.54. The Morgan fingerprint density at radius 3 is 2.48 bits per heavy atom. The first kappa shape index (κ1) is 21.7. The Labute approximate surface area is 186 Å².